The summed E-state index contributed by atoms with van der Waals surface area (Å²) in [7, 11) is 0. The Morgan fingerprint density at radius 2 is 1.77 bits per heavy atom. The molecule has 0 unspecified atom stereocenters. The van der Waals surface area contributed by atoms with Crippen LogP contribution in [0, 0.1) is 12.7 Å². The molecule has 4 aromatic rings. The molecule has 0 saturated heterocycles. The zero-order valence-corrected chi connectivity index (χ0v) is 22.6. The Morgan fingerprint density at radius 1 is 1.00 bits per heavy atom. The molecule has 1 aromatic heterocycles. The van der Waals surface area contributed by atoms with Crippen LogP contribution in [0.1, 0.15) is 33.7 Å². The highest BCUT2D eigenvalue weighted by Crippen LogP contribution is 2.29. The number of thioether (sulfide) groups is 1. The summed E-state index contributed by atoms with van der Waals surface area (Å²) in [5.74, 6) is 0.0924. The van der Waals surface area contributed by atoms with E-state index in [0.29, 0.717) is 34.8 Å². The number of carbonyl (C=O) groups is 2. The van der Waals surface area contributed by atoms with E-state index in [0.717, 1.165) is 22.3 Å². The second-order valence-electron chi connectivity index (χ2n) is 9.11. The molecule has 1 amide bonds. The highest BCUT2D eigenvalue weighted by atomic mass is 32.2. The van der Waals surface area contributed by atoms with Gasteiger partial charge in [-0.25, -0.2) is 9.18 Å². The summed E-state index contributed by atoms with van der Waals surface area (Å²) >= 11 is 1.53. The van der Waals surface area contributed by atoms with Crippen LogP contribution < -0.4 is 5.32 Å². The molecule has 8 heteroatoms. The van der Waals surface area contributed by atoms with Crippen molar-refractivity contribution in [2.45, 2.75) is 32.6 Å². The maximum Gasteiger partial charge on any atom is 0.326 e. The number of aliphatic carboxylic acids is 1. The van der Waals surface area contributed by atoms with Crippen LogP contribution in [0.15, 0.2) is 83.3 Å². The molecule has 0 radical (unpaired) electrons. The van der Waals surface area contributed by atoms with Gasteiger partial charge in [-0.1, -0.05) is 30.3 Å². The van der Waals surface area contributed by atoms with Gasteiger partial charge in [-0.15, -0.1) is 0 Å². The highest BCUT2D eigenvalue weighted by molar-refractivity contribution is 7.98. The van der Waals surface area contributed by atoms with Gasteiger partial charge in [0.25, 0.3) is 5.91 Å². The average molecular weight is 548 g/mol. The molecule has 0 aliphatic heterocycles. The Labute approximate surface area is 231 Å². The minimum absolute atomic E-state index is 0.235. The van der Waals surface area contributed by atoms with Crippen LogP contribution in [0.25, 0.3) is 22.5 Å². The number of rotatable bonds is 12. The van der Waals surface area contributed by atoms with Gasteiger partial charge >= 0.3 is 5.97 Å². The van der Waals surface area contributed by atoms with Crippen molar-refractivity contribution in [3.05, 3.63) is 107 Å². The van der Waals surface area contributed by atoms with Crippen molar-refractivity contribution in [1.82, 2.24) is 5.32 Å². The monoisotopic (exact) mass is 547 g/mol. The number of halogens is 1. The standard InChI is InChI=1S/C31H30FNO5S/c1-20-5-3-4-6-25(20)27-17-21(7-13-26(27)30(34)33-28(31(35)36)15-16-39-2)18-37-19-24-12-14-29(38-24)22-8-10-23(32)11-9-22/h3-14,17,28H,15-16,18-19H2,1-2H3,(H,33,34)(H,35,36)/t28-/m0/s1. The molecule has 0 bridgehead atoms. The number of carboxylic acid groups (broad SMARTS) is 1. The third-order valence-corrected chi connectivity index (χ3v) is 6.93. The summed E-state index contributed by atoms with van der Waals surface area (Å²) < 4.78 is 24.9. The van der Waals surface area contributed by atoms with Crippen molar-refractivity contribution < 1.29 is 28.2 Å². The summed E-state index contributed by atoms with van der Waals surface area (Å²) in [6.07, 6.45) is 2.23. The lowest BCUT2D eigenvalue weighted by Gasteiger charge is -2.17. The maximum absolute atomic E-state index is 13.2. The predicted octanol–water partition coefficient (Wildman–Crippen LogP) is 6.71. The lowest BCUT2D eigenvalue weighted by atomic mass is 9.93. The Bertz CT molecular complexity index is 1430. The number of nitrogens with one attached hydrogen (secondary N) is 1. The van der Waals surface area contributed by atoms with Gasteiger partial charge in [0.2, 0.25) is 0 Å². The van der Waals surface area contributed by atoms with Crippen molar-refractivity contribution in [2.75, 3.05) is 12.0 Å². The lowest BCUT2D eigenvalue weighted by molar-refractivity contribution is -0.139. The van der Waals surface area contributed by atoms with Gasteiger partial charge < -0.3 is 19.6 Å². The fraction of sp³-hybridized carbons (Fsp3) is 0.226. The molecule has 3 aromatic carbocycles. The van der Waals surface area contributed by atoms with Crippen LogP contribution in [0.3, 0.4) is 0 Å². The second-order valence-corrected chi connectivity index (χ2v) is 10.1. The van der Waals surface area contributed by atoms with Crippen molar-refractivity contribution in [3.63, 3.8) is 0 Å². The van der Waals surface area contributed by atoms with Crippen molar-refractivity contribution in [3.8, 4) is 22.5 Å². The Kier molecular flexibility index (Phi) is 9.57. The van der Waals surface area contributed by atoms with E-state index in [1.807, 2.05) is 55.6 Å². The SMILES string of the molecule is CSCC[C@H](NC(=O)c1ccc(COCc2ccc(-c3ccc(F)cc3)o2)cc1-c1ccccc1C)C(=O)O. The third kappa shape index (κ3) is 7.37. The van der Waals surface area contributed by atoms with Crippen molar-refractivity contribution in [2.24, 2.45) is 0 Å². The van der Waals surface area contributed by atoms with E-state index in [9.17, 15) is 19.1 Å². The van der Waals surface area contributed by atoms with Gasteiger partial charge in [0, 0.05) is 11.1 Å². The zero-order valence-electron chi connectivity index (χ0n) is 21.8. The smallest absolute Gasteiger partial charge is 0.326 e. The minimum Gasteiger partial charge on any atom is -0.480 e. The van der Waals surface area contributed by atoms with Crippen LogP contribution in [0.2, 0.25) is 0 Å². The molecule has 202 valence electrons. The molecule has 0 fully saturated rings. The molecule has 0 aliphatic carbocycles. The van der Waals surface area contributed by atoms with Crippen LogP contribution in [-0.2, 0) is 22.7 Å². The topological polar surface area (TPSA) is 88.8 Å². The molecule has 1 heterocycles. The van der Waals surface area contributed by atoms with Crippen molar-refractivity contribution >= 4 is 23.6 Å². The number of carboxylic acids is 1. The number of amides is 1. The zero-order chi connectivity index (χ0) is 27.8. The largest absolute Gasteiger partial charge is 0.480 e. The van der Waals surface area contributed by atoms with E-state index < -0.39 is 17.9 Å². The summed E-state index contributed by atoms with van der Waals surface area (Å²) in [6.45, 7) is 2.48. The predicted molar refractivity (Wildman–Crippen MR) is 151 cm³/mol. The molecule has 39 heavy (non-hydrogen) atoms. The van der Waals surface area contributed by atoms with Gasteiger partial charge in [0.05, 0.1) is 6.61 Å². The Balaban J connectivity index is 1.50. The number of furan rings is 1. The van der Waals surface area contributed by atoms with E-state index >= 15 is 0 Å². The molecule has 0 saturated carbocycles. The first kappa shape index (κ1) is 28.1. The first-order valence-electron chi connectivity index (χ1n) is 12.5. The fourth-order valence-electron chi connectivity index (χ4n) is 4.20. The van der Waals surface area contributed by atoms with Crippen LogP contribution in [0.4, 0.5) is 4.39 Å². The van der Waals surface area contributed by atoms with Crippen LogP contribution in [0.5, 0.6) is 0 Å². The van der Waals surface area contributed by atoms with E-state index in [1.165, 1.54) is 23.9 Å². The molecule has 0 aliphatic rings. The molecule has 1 atom stereocenters. The van der Waals surface area contributed by atoms with Crippen LogP contribution in [-0.4, -0.2) is 35.0 Å². The normalized spacial score (nSPS) is 11.8. The van der Waals surface area contributed by atoms with E-state index in [1.54, 1.807) is 24.3 Å². The van der Waals surface area contributed by atoms with E-state index in [4.69, 9.17) is 9.15 Å². The second kappa shape index (κ2) is 13.3. The quantitative estimate of drug-likeness (QED) is 0.205. The molecule has 0 spiro atoms. The average Bonchev–Trinajstić information content (AvgIpc) is 3.40. The summed E-state index contributed by atoms with van der Waals surface area (Å²) in [6, 6.07) is 21.9. The van der Waals surface area contributed by atoms with E-state index in [2.05, 4.69) is 5.32 Å². The maximum atomic E-state index is 13.2. The van der Waals surface area contributed by atoms with E-state index in [-0.39, 0.29) is 19.0 Å². The van der Waals surface area contributed by atoms with Gasteiger partial charge in [0.1, 0.15) is 30.0 Å². The molecule has 4 rings (SSSR count). The summed E-state index contributed by atoms with van der Waals surface area (Å²) in [4.78, 5) is 24.9. The summed E-state index contributed by atoms with van der Waals surface area (Å²) in [5, 5.41) is 12.3. The molecular formula is C31H30FNO5S. The molecular weight excluding hydrogens is 517 g/mol. The van der Waals surface area contributed by atoms with Gasteiger partial charge in [-0.2, -0.15) is 11.8 Å². The highest BCUT2D eigenvalue weighted by Gasteiger charge is 2.22. The number of aryl methyl sites for hydroxylation is 1. The van der Waals surface area contributed by atoms with Crippen molar-refractivity contribution in [1.29, 1.82) is 0 Å². The number of benzene rings is 3. The van der Waals surface area contributed by atoms with Gasteiger partial charge in [0.15, 0.2) is 0 Å². The molecule has 6 nitrogen and oxygen atoms in total. The third-order valence-electron chi connectivity index (χ3n) is 6.28. The number of ether oxygens (including phenoxy) is 1. The molecule has 2 N–H and O–H groups in total. The lowest BCUT2D eigenvalue weighted by Crippen LogP contribution is -2.41. The number of hydrogen-bond donors (Lipinski definition) is 2. The first-order valence-corrected chi connectivity index (χ1v) is 13.9. The Hall–Kier alpha value is -3.88. The van der Waals surface area contributed by atoms with Crippen LogP contribution >= 0.6 is 11.8 Å². The number of carbonyl (C=O) groups excluding carboxylic acids is 1. The fourth-order valence-corrected chi connectivity index (χ4v) is 4.67. The number of hydrogen-bond acceptors (Lipinski definition) is 5. The van der Waals surface area contributed by atoms with Gasteiger partial charge in [-0.3, -0.25) is 4.79 Å². The Morgan fingerprint density at radius 3 is 2.49 bits per heavy atom. The van der Waals surface area contributed by atoms with Gasteiger partial charge in [-0.05, 0) is 96.1 Å². The summed E-state index contributed by atoms with van der Waals surface area (Å²) in [5.41, 5.74) is 4.61. The minimum atomic E-state index is -1.06. The first-order chi connectivity index (χ1) is 18.9.